The number of aryl methyl sites for hydroxylation is 1. The van der Waals surface area contributed by atoms with Crippen LogP contribution in [0.1, 0.15) is 31.9 Å². The molecule has 0 spiro atoms. The summed E-state index contributed by atoms with van der Waals surface area (Å²) in [5.41, 5.74) is 0. The highest BCUT2D eigenvalue weighted by atomic mass is 16.4. The summed E-state index contributed by atoms with van der Waals surface area (Å²) in [6, 6.07) is -0.583. The molecule has 0 aromatic carbocycles. The molecule has 1 saturated heterocycles. The second-order valence-electron chi connectivity index (χ2n) is 4.90. The molecule has 2 rings (SSSR count). The third kappa shape index (κ3) is 2.92. The van der Waals surface area contributed by atoms with Crippen molar-refractivity contribution >= 4 is 12.0 Å². The number of aliphatic carboxylic acids is 1. The summed E-state index contributed by atoms with van der Waals surface area (Å²) in [4.78, 5) is 28.6. The Morgan fingerprint density at radius 2 is 2.35 bits per heavy atom. The molecule has 1 aromatic rings. The molecule has 0 bridgehead atoms. The van der Waals surface area contributed by atoms with Crippen molar-refractivity contribution in [3.8, 4) is 0 Å². The van der Waals surface area contributed by atoms with Crippen LogP contribution in [-0.2, 0) is 17.8 Å². The molecule has 2 N–H and O–H groups in total. The number of amides is 2. The molecule has 1 fully saturated rings. The van der Waals surface area contributed by atoms with Crippen molar-refractivity contribution in [2.45, 2.75) is 39.3 Å². The van der Waals surface area contributed by atoms with Crippen LogP contribution >= 0.6 is 0 Å². The smallest absolute Gasteiger partial charge is 0.318 e. The van der Waals surface area contributed by atoms with Crippen LogP contribution in [-0.4, -0.2) is 39.6 Å². The van der Waals surface area contributed by atoms with Gasteiger partial charge >= 0.3 is 12.0 Å². The SMILES string of the molecule is CCc1cnc(CNC(=O)N2CCC(C(=O)O)C2C)o1. The van der Waals surface area contributed by atoms with Gasteiger partial charge in [-0.3, -0.25) is 4.79 Å². The second kappa shape index (κ2) is 5.94. The fourth-order valence-corrected chi connectivity index (χ4v) is 2.40. The first kappa shape index (κ1) is 14.4. The first-order valence-corrected chi connectivity index (χ1v) is 6.73. The average Bonchev–Trinajstić information content (AvgIpc) is 3.02. The first-order chi connectivity index (χ1) is 9.52. The van der Waals surface area contributed by atoms with Crippen molar-refractivity contribution in [2.24, 2.45) is 5.92 Å². The van der Waals surface area contributed by atoms with Crippen LogP contribution in [0.25, 0.3) is 0 Å². The van der Waals surface area contributed by atoms with Crippen molar-refractivity contribution in [2.75, 3.05) is 6.54 Å². The van der Waals surface area contributed by atoms with E-state index in [0.717, 1.165) is 12.2 Å². The lowest BCUT2D eigenvalue weighted by Gasteiger charge is -2.23. The molecule has 2 unspecified atom stereocenters. The lowest BCUT2D eigenvalue weighted by Crippen LogP contribution is -2.43. The lowest BCUT2D eigenvalue weighted by atomic mass is 10.0. The fourth-order valence-electron chi connectivity index (χ4n) is 2.40. The topological polar surface area (TPSA) is 95.7 Å². The van der Waals surface area contributed by atoms with Gasteiger partial charge in [-0.1, -0.05) is 6.92 Å². The van der Waals surface area contributed by atoms with Crippen molar-refractivity contribution in [3.63, 3.8) is 0 Å². The molecule has 20 heavy (non-hydrogen) atoms. The van der Waals surface area contributed by atoms with Crippen molar-refractivity contribution in [1.82, 2.24) is 15.2 Å². The minimum atomic E-state index is -0.854. The van der Waals surface area contributed by atoms with Gasteiger partial charge in [0.1, 0.15) is 5.76 Å². The third-order valence-corrected chi connectivity index (χ3v) is 3.67. The second-order valence-corrected chi connectivity index (χ2v) is 4.90. The molecule has 0 aliphatic carbocycles. The quantitative estimate of drug-likeness (QED) is 0.865. The monoisotopic (exact) mass is 281 g/mol. The molecule has 110 valence electrons. The van der Waals surface area contributed by atoms with E-state index >= 15 is 0 Å². The van der Waals surface area contributed by atoms with Crippen LogP contribution in [0.2, 0.25) is 0 Å². The first-order valence-electron chi connectivity index (χ1n) is 6.73. The van der Waals surface area contributed by atoms with E-state index in [0.29, 0.717) is 18.9 Å². The molecule has 0 radical (unpaired) electrons. The molecule has 1 aliphatic rings. The van der Waals surface area contributed by atoms with Gasteiger partial charge in [-0.25, -0.2) is 9.78 Å². The Kier molecular flexibility index (Phi) is 4.26. The molecule has 2 atom stereocenters. The number of likely N-dealkylation sites (tertiary alicyclic amines) is 1. The van der Waals surface area contributed by atoms with Crippen LogP contribution in [0.5, 0.6) is 0 Å². The van der Waals surface area contributed by atoms with Gasteiger partial charge in [-0.05, 0) is 13.3 Å². The van der Waals surface area contributed by atoms with E-state index in [4.69, 9.17) is 9.52 Å². The zero-order valence-corrected chi connectivity index (χ0v) is 11.6. The van der Waals surface area contributed by atoms with Gasteiger partial charge in [0.05, 0.1) is 18.7 Å². The molecule has 2 amide bonds. The number of carboxylic acid groups (broad SMARTS) is 1. The molecular formula is C13H19N3O4. The van der Waals surface area contributed by atoms with E-state index < -0.39 is 11.9 Å². The Labute approximate surface area is 117 Å². The Bertz CT molecular complexity index is 500. The Hall–Kier alpha value is -2.05. The van der Waals surface area contributed by atoms with Crippen LogP contribution < -0.4 is 5.32 Å². The summed E-state index contributed by atoms with van der Waals surface area (Å²) in [6.45, 7) is 4.38. The number of nitrogens with one attached hydrogen (secondary N) is 1. The minimum Gasteiger partial charge on any atom is -0.481 e. The Balaban J connectivity index is 1.88. The van der Waals surface area contributed by atoms with E-state index in [-0.39, 0.29) is 18.6 Å². The number of carbonyl (C=O) groups excluding carboxylic acids is 1. The summed E-state index contributed by atoms with van der Waals surface area (Å²) in [7, 11) is 0. The molecular weight excluding hydrogens is 262 g/mol. The predicted molar refractivity (Wildman–Crippen MR) is 70.0 cm³/mol. The van der Waals surface area contributed by atoms with Gasteiger partial charge in [0, 0.05) is 19.0 Å². The van der Waals surface area contributed by atoms with Crippen molar-refractivity contribution in [1.29, 1.82) is 0 Å². The highest BCUT2D eigenvalue weighted by Crippen LogP contribution is 2.24. The van der Waals surface area contributed by atoms with Crippen LogP contribution in [0, 0.1) is 5.92 Å². The van der Waals surface area contributed by atoms with Crippen molar-refractivity contribution < 1.29 is 19.1 Å². The number of oxazole rings is 1. The maximum absolute atomic E-state index is 12.0. The molecule has 1 aliphatic heterocycles. The highest BCUT2D eigenvalue weighted by Gasteiger charge is 2.38. The third-order valence-electron chi connectivity index (χ3n) is 3.67. The van der Waals surface area contributed by atoms with Crippen LogP contribution in [0.3, 0.4) is 0 Å². The Morgan fingerprint density at radius 1 is 1.60 bits per heavy atom. The number of carboxylic acids is 1. The fraction of sp³-hybridized carbons (Fsp3) is 0.615. The number of aromatic nitrogens is 1. The normalized spacial score (nSPS) is 22.0. The van der Waals surface area contributed by atoms with Gasteiger partial charge in [0.2, 0.25) is 5.89 Å². The zero-order valence-electron chi connectivity index (χ0n) is 11.6. The summed E-state index contributed by atoms with van der Waals surface area (Å²) >= 11 is 0. The maximum Gasteiger partial charge on any atom is 0.318 e. The lowest BCUT2D eigenvalue weighted by molar-refractivity contribution is -0.142. The predicted octanol–water partition coefficient (Wildman–Crippen LogP) is 1.24. The largest absolute Gasteiger partial charge is 0.481 e. The summed E-state index contributed by atoms with van der Waals surface area (Å²) in [6.07, 6.45) is 2.88. The van der Waals surface area contributed by atoms with Gasteiger partial charge in [0.25, 0.3) is 0 Å². The molecule has 0 saturated carbocycles. The molecule has 7 nitrogen and oxygen atoms in total. The summed E-state index contributed by atoms with van der Waals surface area (Å²) < 4.78 is 5.39. The molecule has 2 heterocycles. The van der Waals surface area contributed by atoms with Gasteiger partial charge < -0.3 is 19.7 Å². The van der Waals surface area contributed by atoms with Crippen LogP contribution in [0.15, 0.2) is 10.6 Å². The molecule has 7 heteroatoms. The Morgan fingerprint density at radius 3 is 2.90 bits per heavy atom. The van der Waals surface area contributed by atoms with Gasteiger partial charge in [-0.15, -0.1) is 0 Å². The average molecular weight is 281 g/mol. The minimum absolute atomic E-state index is 0.208. The maximum atomic E-state index is 12.0. The number of rotatable bonds is 4. The van der Waals surface area contributed by atoms with E-state index in [9.17, 15) is 9.59 Å². The number of urea groups is 1. The van der Waals surface area contributed by atoms with Crippen molar-refractivity contribution in [3.05, 3.63) is 17.8 Å². The number of hydrogen-bond donors (Lipinski definition) is 2. The summed E-state index contributed by atoms with van der Waals surface area (Å²) in [5.74, 6) is -0.117. The molecule has 1 aromatic heterocycles. The van der Waals surface area contributed by atoms with Gasteiger partial charge in [0.15, 0.2) is 0 Å². The van der Waals surface area contributed by atoms with E-state index in [1.807, 2.05) is 6.92 Å². The standard InChI is InChI=1S/C13H19N3O4/c1-3-9-6-14-11(20-9)7-15-13(19)16-5-4-10(8(16)2)12(17)18/h6,8,10H,3-5,7H2,1-2H3,(H,15,19)(H,17,18). The van der Waals surface area contributed by atoms with Gasteiger partial charge in [-0.2, -0.15) is 0 Å². The van der Waals surface area contributed by atoms with E-state index in [2.05, 4.69) is 10.3 Å². The van der Waals surface area contributed by atoms with E-state index in [1.165, 1.54) is 0 Å². The number of carbonyl (C=O) groups is 2. The highest BCUT2D eigenvalue weighted by molar-refractivity contribution is 5.78. The van der Waals surface area contributed by atoms with E-state index in [1.54, 1.807) is 18.0 Å². The zero-order chi connectivity index (χ0) is 14.7. The number of nitrogens with zero attached hydrogens (tertiary/aromatic N) is 2. The van der Waals surface area contributed by atoms with Crippen LogP contribution in [0.4, 0.5) is 4.79 Å². The summed E-state index contributed by atoms with van der Waals surface area (Å²) in [5, 5.41) is 11.7. The number of hydrogen-bond acceptors (Lipinski definition) is 4.